The molecule has 0 radical (unpaired) electrons. The predicted octanol–water partition coefficient (Wildman–Crippen LogP) is 2.98. The van der Waals surface area contributed by atoms with Gasteiger partial charge in [0.05, 0.1) is 6.61 Å². The van der Waals surface area contributed by atoms with Gasteiger partial charge < -0.3 is 18.9 Å². The highest BCUT2D eigenvalue weighted by Crippen LogP contribution is 1.97. The summed E-state index contributed by atoms with van der Waals surface area (Å²) in [5.74, 6) is -0.903. The quantitative estimate of drug-likeness (QED) is 0.267. The zero-order valence-corrected chi connectivity index (χ0v) is 14.0. The van der Waals surface area contributed by atoms with E-state index in [-0.39, 0.29) is 0 Å². The molecule has 0 spiro atoms. The molecular weight excluding hydrogens is 288 g/mol. The lowest BCUT2D eigenvalue weighted by atomic mass is 10.4. The summed E-state index contributed by atoms with van der Waals surface area (Å²) in [6, 6.07) is 0. The molecule has 0 aromatic carbocycles. The van der Waals surface area contributed by atoms with Crippen molar-refractivity contribution in [2.24, 2.45) is 0 Å². The van der Waals surface area contributed by atoms with Gasteiger partial charge in [-0.05, 0) is 27.2 Å². The van der Waals surface area contributed by atoms with E-state index < -0.39 is 24.5 Å². The molecule has 0 bridgehead atoms. The lowest BCUT2D eigenvalue weighted by molar-refractivity contribution is -0.169. The van der Waals surface area contributed by atoms with Crippen molar-refractivity contribution in [1.82, 2.24) is 0 Å². The van der Waals surface area contributed by atoms with Gasteiger partial charge in [0.1, 0.15) is 0 Å². The molecule has 2 atom stereocenters. The Hall–Kier alpha value is -1.66. The van der Waals surface area contributed by atoms with Crippen molar-refractivity contribution in [1.29, 1.82) is 0 Å². The van der Waals surface area contributed by atoms with Gasteiger partial charge in [0.25, 0.3) is 0 Å². The smallest absolute Gasteiger partial charge is 0.332 e. The highest BCUT2D eigenvalue weighted by Gasteiger charge is 2.05. The zero-order chi connectivity index (χ0) is 17.4. The first-order valence-corrected chi connectivity index (χ1v) is 7.30. The van der Waals surface area contributed by atoms with E-state index in [2.05, 4.69) is 24.8 Å². The minimum absolute atomic E-state index is 0.445. The van der Waals surface area contributed by atoms with Crippen molar-refractivity contribution < 1.29 is 28.5 Å². The van der Waals surface area contributed by atoms with E-state index >= 15 is 0 Å². The normalized spacial score (nSPS) is 12.2. The molecule has 0 saturated carbocycles. The Morgan fingerprint density at radius 3 is 1.77 bits per heavy atom. The Kier molecular flexibility index (Phi) is 16.2. The van der Waals surface area contributed by atoms with E-state index in [1.165, 1.54) is 0 Å². The summed E-state index contributed by atoms with van der Waals surface area (Å²) in [6.45, 7) is 14.9. The molecular formula is C16H28O6. The summed E-state index contributed by atoms with van der Waals surface area (Å²) < 4.78 is 19.5. The minimum Gasteiger partial charge on any atom is -0.433 e. The lowest BCUT2D eigenvalue weighted by Gasteiger charge is -2.11. The fourth-order valence-corrected chi connectivity index (χ4v) is 1.12. The zero-order valence-electron chi connectivity index (χ0n) is 14.0. The highest BCUT2D eigenvalue weighted by molar-refractivity contribution is 5.81. The molecule has 128 valence electrons. The molecule has 0 aliphatic rings. The van der Waals surface area contributed by atoms with Crippen LogP contribution in [0.2, 0.25) is 0 Å². The number of esters is 2. The van der Waals surface area contributed by atoms with E-state index in [1.807, 2.05) is 6.92 Å². The SMILES string of the molecule is C=CC(=O)OC(C)OCC.C=CC(=O)OC(C)OCCCC. The van der Waals surface area contributed by atoms with Crippen LogP contribution in [0, 0.1) is 0 Å². The second-order valence-corrected chi connectivity index (χ2v) is 4.10. The molecule has 0 N–H and O–H groups in total. The van der Waals surface area contributed by atoms with Crippen LogP contribution in [-0.2, 0) is 28.5 Å². The van der Waals surface area contributed by atoms with Gasteiger partial charge in [-0.3, -0.25) is 0 Å². The Morgan fingerprint density at radius 2 is 1.41 bits per heavy atom. The molecule has 0 aliphatic carbocycles. The van der Waals surface area contributed by atoms with Crippen molar-refractivity contribution in [3.8, 4) is 0 Å². The third-order valence-corrected chi connectivity index (χ3v) is 2.15. The number of carbonyl (C=O) groups excluding carboxylic acids is 2. The maximum absolute atomic E-state index is 10.6. The van der Waals surface area contributed by atoms with Gasteiger partial charge in [-0.1, -0.05) is 26.5 Å². The van der Waals surface area contributed by atoms with Crippen LogP contribution in [-0.4, -0.2) is 37.7 Å². The Balaban J connectivity index is 0. The minimum atomic E-state index is -0.476. The molecule has 6 nitrogen and oxygen atoms in total. The van der Waals surface area contributed by atoms with E-state index in [0.717, 1.165) is 25.0 Å². The van der Waals surface area contributed by atoms with Crippen molar-refractivity contribution in [2.75, 3.05) is 13.2 Å². The van der Waals surface area contributed by atoms with Crippen LogP contribution < -0.4 is 0 Å². The van der Waals surface area contributed by atoms with E-state index in [0.29, 0.717) is 13.2 Å². The Labute approximate surface area is 133 Å². The highest BCUT2D eigenvalue weighted by atomic mass is 16.7. The molecule has 0 aromatic heterocycles. The van der Waals surface area contributed by atoms with Crippen molar-refractivity contribution in [3.63, 3.8) is 0 Å². The molecule has 2 unspecified atom stereocenters. The third kappa shape index (κ3) is 16.4. The third-order valence-electron chi connectivity index (χ3n) is 2.15. The first-order valence-electron chi connectivity index (χ1n) is 7.30. The molecule has 0 saturated heterocycles. The van der Waals surface area contributed by atoms with Gasteiger partial charge in [0.2, 0.25) is 0 Å². The molecule has 22 heavy (non-hydrogen) atoms. The van der Waals surface area contributed by atoms with Gasteiger partial charge in [-0.2, -0.15) is 0 Å². The average Bonchev–Trinajstić information content (AvgIpc) is 2.48. The van der Waals surface area contributed by atoms with Crippen LogP contribution in [0.4, 0.5) is 0 Å². The van der Waals surface area contributed by atoms with E-state index in [9.17, 15) is 9.59 Å². The Morgan fingerprint density at radius 1 is 0.955 bits per heavy atom. The second kappa shape index (κ2) is 15.7. The summed E-state index contributed by atoms with van der Waals surface area (Å²) in [5.41, 5.74) is 0. The first kappa shape index (κ1) is 22.6. The van der Waals surface area contributed by atoms with Gasteiger partial charge >= 0.3 is 11.9 Å². The molecule has 0 amide bonds. The fraction of sp³-hybridized carbons (Fsp3) is 0.625. The monoisotopic (exact) mass is 316 g/mol. The maximum Gasteiger partial charge on any atom is 0.332 e. The Bertz CT molecular complexity index is 327. The largest absolute Gasteiger partial charge is 0.433 e. The summed E-state index contributed by atoms with van der Waals surface area (Å²) >= 11 is 0. The van der Waals surface area contributed by atoms with Gasteiger partial charge in [0.15, 0.2) is 12.6 Å². The van der Waals surface area contributed by atoms with Crippen molar-refractivity contribution in [2.45, 2.75) is 53.1 Å². The van der Waals surface area contributed by atoms with Crippen LogP contribution in [0.5, 0.6) is 0 Å². The van der Waals surface area contributed by atoms with Crippen molar-refractivity contribution >= 4 is 11.9 Å². The topological polar surface area (TPSA) is 71.1 Å². The van der Waals surface area contributed by atoms with Crippen LogP contribution in [0.15, 0.2) is 25.3 Å². The lowest BCUT2D eigenvalue weighted by Crippen LogP contribution is -2.17. The maximum atomic E-state index is 10.6. The second-order valence-electron chi connectivity index (χ2n) is 4.10. The van der Waals surface area contributed by atoms with E-state index in [4.69, 9.17) is 14.2 Å². The summed E-state index contributed by atoms with van der Waals surface area (Å²) in [4.78, 5) is 21.1. The molecule has 0 fully saturated rings. The van der Waals surface area contributed by atoms with Crippen LogP contribution >= 0.6 is 0 Å². The van der Waals surface area contributed by atoms with Crippen LogP contribution in [0.25, 0.3) is 0 Å². The predicted molar refractivity (Wildman–Crippen MR) is 84.0 cm³/mol. The van der Waals surface area contributed by atoms with E-state index in [1.54, 1.807) is 13.8 Å². The number of hydrogen-bond acceptors (Lipinski definition) is 6. The summed E-state index contributed by atoms with van der Waals surface area (Å²) in [7, 11) is 0. The first-order chi connectivity index (χ1) is 10.4. The number of unbranched alkanes of at least 4 members (excludes halogenated alkanes) is 1. The molecule has 0 aromatic rings. The van der Waals surface area contributed by atoms with Crippen LogP contribution in [0.1, 0.15) is 40.5 Å². The molecule has 0 heterocycles. The molecule has 0 aliphatic heterocycles. The average molecular weight is 316 g/mol. The number of carbonyl (C=O) groups is 2. The standard InChI is InChI=1S/C9H16O3.C7H12O3/c1-4-6-7-11-8(3)12-9(10)5-2;1-4-7(8)10-6(3)9-5-2/h5,8H,2,4,6-7H2,1,3H3;4,6H,1,5H2,2-3H3. The number of hydrogen-bond donors (Lipinski definition) is 0. The number of ether oxygens (including phenoxy) is 4. The van der Waals surface area contributed by atoms with Gasteiger partial charge in [-0.15, -0.1) is 0 Å². The van der Waals surface area contributed by atoms with Crippen LogP contribution in [0.3, 0.4) is 0 Å². The fourth-order valence-electron chi connectivity index (χ4n) is 1.12. The van der Waals surface area contributed by atoms with Gasteiger partial charge in [-0.25, -0.2) is 9.59 Å². The summed E-state index contributed by atoms with van der Waals surface area (Å²) in [6.07, 6.45) is 3.34. The molecule has 6 heteroatoms. The van der Waals surface area contributed by atoms with Crippen molar-refractivity contribution in [3.05, 3.63) is 25.3 Å². The molecule has 0 rings (SSSR count). The number of rotatable bonds is 10. The van der Waals surface area contributed by atoms with Gasteiger partial charge in [0, 0.05) is 18.8 Å². The summed E-state index contributed by atoms with van der Waals surface area (Å²) in [5, 5.41) is 0.